The number of hydrogen-bond donors (Lipinski definition) is 1. The molecule has 2 fully saturated rings. The topological polar surface area (TPSA) is 29.9 Å². The van der Waals surface area contributed by atoms with Crippen LogP contribution in [0.1, 0.15) is 57.1 Å². The van der Waals surface area contributed by atoms with Crippen LogP contribution in [0.2, 0.25) is 0 Å². The summed E-state index contributed by atoms with van der Waals surface area (Å²) in [6.45, 7) is 3.53. The van der Waals surface area contributed by atoms with E-state index in [1.807, 2.05) is 11.7 Å². The Balaban J connectivity index is 1.68. The van der Waals surface area contributed by atoms with Gasteiger partial charge in [0.2, 0.25) is 0 Å². The van der Waals surface area contributed by atoms with Crippen molar-refractivity contribution in [3.05, 3.63) is 18.0 Å². The SMILES string of the molecule is CCC1CCC(CNC2CC2)C(c2ccn(C)n2)C1. The molecule has 2 aliphatic carbocycles. The molecule has 0 saturated heterocycles. The fourth-order valence-electron chi connectivity index (χ4n) is 3.53. The minimum absolute atomic E-state index is 0.672. The number of nitrogens with one attached hydrogen (secondary N) is 1. The lowest BCUT2D eigenvalue weighted by molar-refractivity contribution is 0.221. The van der Waals surface area contributed by atoms with Gasteiger partial charge in [-0.2, -0.15) is 5.10 Å². The lowest BCUT2D eigenvalue weighted by Gasteiger charge is -2.35. The molecule has 2 saturated carbocycles. The summed E-state index contributed by atoms with van der Waals surface area (Å²) in [7, 11) is 2.03. The van der Waals surface area contributed by atoms with Crippen LogP contribution in [0.3, 0.4) is 0 Å². The van der Waals surface area contributed by atoms with Crippen LogP contribution in [0.25, 0.3) is 0 Å². The molecule has 0 aliphatic heterocycles. The van der Waals surface area contributed by atoms with E-state index in [0.717, 1.165) is 17.9 Å². The second-order valence-corrected chi connectivity index (χ2v) is 6.55. The normalized spacial score (nSPS) is 31.6. The molecule has 3 nitrogen and oxygen atoms in total. The van der Waals surface area contributed by atoms with Crippen LogP contribution in [-0.2, 0) is 7.05 Å². The van der Waals surface area contributed by atoms with Gasteiger partial charge in [0.25, 0.3) is 0 Å². The summed E-state index contributed by atoms with van der Waals surface area (Å²) in [6, 6.07) is 3.06. The van der Waals surface area contributed by atoms with E-state index >= 15 is 0 Å². The van der Waals surface area contributed by atoms with E-state index in [9.17, 15) is 0 Å². The van der Waals surface area contributed by atoms with Crippen molar-refractivity contribution in [2.24, 2.45) is 18.9 Å². The van der Waals surface area contributed by atoms with Crippen LogP contribution in [0, 0.1) is 11.8 Å². The molecule has 0 bridgehead atoms. The van der Waals surface area contributed by atoms with E-state index in [2.05, 4.69) is 29.6 Å². The third-order valence-electron chi connectivity index (χ3n) is 5.04. The Morgan fingerprint density at radius 2 is 2.16 bits per heavy atom. The van der Waals surface area contributed by atoms with Crippen LogP contribution >= 0.6 is 0 Å². The fraction of sp³-hybridized carbons (Fsp3) is 0.812. The first kappa shape index (κ1) is 13.2. The largest absolute Gasteiger partial charge is 0.314 e. The highest BCUT2D eigenvalue weighted by atomic mass is 15.2. The van der Waals surface area contributed by atoms with Crippen molar-refractivity contribution in [1.29, 1.82) is 0 Å². The van der Waals surface area contributed by atoms with Crippen LogP contribution in [-0.4, -0.2) is 22.4 Å². The number of aromatic nitrogens is 2. The molecule has 3 atom stereocenters. The van der Waals surface area contributed by atoms with Crippen LogP contribution in [0.5, 0.6) is 0 Å². The zero-order valence-corrected chi connectivity index (χ0v) is 12.3. The van der Waals surface area contributed by atoms with E-state index in [4.69, 9.17) is 0 Å². The average Bonchev–Trinajstić information content (AvgIpc) is 3.17. The van der Waals surface area contributed by atoms with Crippen molar-refractivity contribution in [1.82, 2.24) is 15.1 Å². The van der Waals surface area contributed by atoms with E-state index in [1.165, 1.54) is 50.8 Å². The maximum Gasteiger partial charge on any atom is 0.0658 e. The Hall–Kier alpha value is -0.830. The molecule has 106 valence electrons. The Bertz CT molecular complexity index is 408. The van der Waals surface area contributed by atoms with Crippen molar-refractivity contribution in [3.8, 4) is 0 Å². The van der Waals surface area contributed by atoms with Gasteiger partial charge in [-0.25, -0.2) is 0 Å². The Kier molecular flexibility index (Phi) is 3.92. The lowest BCUT2D eigenvalue weighted by Crippen LogP contribution is -2.33. The first-order chi connectivity index (χ1) is 9.26. The summed E-state index contributed by atoms with van der Waals surface area (Å²) in [5, 5.41) is 8.42. The fourth-order valence-corrected chi connectivity index (χ4v) is 3.53. The van der Waals surface area contributed by atoms with Crippen LogP contribution in [0.4, 0.5) is 0 Å². The standard InChI is InChI=1S/C16H27N3/c1-3-12-4-5-13(11-17-14-6-7-14)15(10-12)16-8-9-19(2)18-16/h8-9,12-15,17H,3-7,10-11H2,1-2H3. The van der Waals surface area contributed by atoms with Gasteiger partial charge >= 0.3 is 0 Å². The highest BCUT2D eigenvalue weighted by Gasteiger charge is 2.33. The molecule has 2 aliphatic rings. The third-order valence-corrected chi connectivity index (χ3v) is 5.04. The molecule has 1 N–H and O–H groups in total. The molecular weight excluding hydrogens is 234 g/mol. The Morgan fingerprint density at radius 1 is 1.32 bits per heavy atom. The molecule has 3 rings (SSSR count). The smallest absolute Gasteiger partial charge is 0.0658 e. The predicted octanol–water partition coefficient (Wildman–Crippen LogP) is 3.08. The van der Waals surface area contributed by atoms with E-state index in [1.54, 1.807) is 0 Å². The number of hydrogen-bond acceptors (Lipinski definition) is 2. The van der Waals surface area contributed by atoms with E-state index in [-0.39, 0.29) is 0 Å². The predicted molar refractivity (Wildman–Crippen MR) is 78.1 cm³/mol. The molecule has 0 amide bonds. The molecule has 0 spiro atoms. The summed E-state index contributed by atoms with van der Waals surface area (Å²) in [6.07, 6.45) is 10.3. The first-order valence-electron chi connectivity index (χ1n) is 7.99. The summed E-state index contributed by atoms with van der Waals surface area (Å²) in [5.74, 6) is 2.37. The van der Waals surface area contributed by atoms with Gasteiger partial charge in [0.1, 0.15) is 0 Å². The van der Waals surface area contributed by atoms with E-state index in [0.29, 0.717) is 5.92 Å². The van der Waals surface area contributed by atoms with Gasteiger partial charge < -0.3 is 5.32 Å². The molecule has 1 aromatic rings. The number of aryl methyl sites for hydroxylation is 1. The molecule has 0 radical (unpaired) electrons. The highest BCUT2D eigenvalue weighted by molar-refractivity contribution is 5.10. The van der Waals surface area contributed by atoms with Gasteiger partial charge in [-0.15, -0.1) is 0 Å². The summed E-state index contributed by atoms with van der Waals surface area (Å²) < 4.78 is 1.95. The summed E-state index contributed by atoms with van der Waals surface area (Å²) >= 11 is 0. The zero-order valence-electron chi connectivity index (χ0n) is 12.3. The van der Waals surface area contributed by atoms with Crippen molar-refractivity contribution in [2.75, 3.05) is 6.54 Å². The molecular formula is C16H27N3. The van der Waals surface area contributed by atoms with Crippen LogP contribution in [0.15, 0.2) is 12.3 Å². The molecule has 19 heavy (non-hydrogen) atoms. The minimum Gasteiger partial charge on any atom is -0.314 e. The van der Waals surface area contributed by atoms with Gasteiger partial charge in [-0.05, 0) is 50.1 Å². The molecule has 3 heteroatoms. The Morgan fingerprint density at radius 3 is 2.79 bits per heavy atom. The van der Waals surface area contributed by atoms with Gasteiger partial charge in [0, 0.05) is 25.2 Å². The second-order valence-electron chi connectivity index (χ2n) is 6.55. The molecule has 0 aromatic carbocycles. The van der Waals surface area contributed by atoms with Crippen molar-refractivity contribution >= 4 is 0 Å². The quantitative estimate of drug-likeness (QED) is 0.882. The van der Waals surface area contributed by atoms with Gasteiger partial charge in [0.15, 0.2) is 0 Å². The van der Waals surface area contributed by atoms with Gasteiger partial charge in [0.05, 0.1) is 5.69 Å². The van der Waals surface area contributed by atoms with Crippen molar-refractivity contribution < 1.29 is 0 Å². The molecule has 3 unspecified atom stereocenters. The first-order valence-corrected chi connectivity index (χ1v) is 7.99. The summed E-state index contributed by atoms with van der Waals surface area (Å²) in [5.41, 5.74) is 1.32. The number of nitrogens with zero attached hydrogens (tertiary/aromatic N) is 2. The Labute approximate surface area is 116 Å². The van der Waals surface area contributed by atoms with Crippen LogP contribution < -0.4 is 5.32 Å². The molecule has 1 heterocycles. The molecule has 1 aromatic heterocycles. The van der Waals surface area contributed by atoms with Gasteiger partial charge in [-0.3, -0.25) is 4.68 Å². The maximum atomic E-state index is 4.68. The number of rotatable bonds is 5. The monoisotopic (exact) mass is 261 g/mol. The zero-order chi connectivity index (χ0) is 13.2. The van der Waals surface area contributed by atoms with Crippen molar-refractivity contribution in [3.63, 3.8) is 0 Å². The van der Waals surface area contributed by atoms with Crippen molar-refractivity contribution in [2.45, 2.75) is 57.4 Å². The second kappa shape index (κ2) is 5.66. The highest BCUT2D eigenvalue weighted by Crippen LogP contribution is 2.41. The maximum absolute atomic E-state index is 4.68. The lowest BCUT2D eigenvalue weighted by atomic mass is 9.72. The third kappa shape index (κ3) is 3.19. The van der Waals surface area contributed by atoms with Gasteiger partial charge in [-0.1, -0.05) is 19.8 Å². The average molecular weight is 261 g/mol. The minimum atomic E-state index is 0.672. The summed E-state index contributed by atoms with van der Waals surface area (Å²) in [4.78, 5) is 0. The van der Waals surface area contributed by atoms with E-state index < -0.39 is 0 Å².